The van der Waals surface area contributed by atoms with Gasteiger partial charge >= 0.3 is 12.1 Å². The lowest BCUT2D eigenvalue weighted by Crippen LogP contribution is -2.40. The predicted octanol–water partition coefficient (Wildman–Crippen LogP) is 4.31. The van der Waals surface area contributed by atoms with Crippen LogP contribution in [0.3, 0.4) is 0 Å². The van der Waals surface area contributed by atoms with Crippen LogP contribution >= 0.6 is 11.6 Å². The van der Waals surface area contributed by atoms with E-state index in [0.717, 1.165) is 19.2 Å². The first-order valence-electron chi connectivity index (χ1n) is 4.53. The molecule has 0 saturated heterocycles. The van der Waals surface area contributed by atoms with Crippen LogP contribution < -0.4 is 4.74 Å². The van der Waals surface area contributed by atoms with Crippen LogP contribution in [0.15, 0.2) is 18.2 Å². The highest BCUT2D eigenvalue weighted by Crippen LogP contribution is 2.48. The molecule has 0 radical (unpaired) electrons. The molecule has 1 aromatic carbocycles. The van der Waals surface area contributed by atoms with Gasteiger partial charge in [0.25, 0.3) is 0 Å². The molecule has 0 aliphatic rings. The molecule has 0 aromatic heterocycles. The highest BCUT2D eigenvalue weighted by atomic mass is 35.5. The highest BCUT2D eigenvalue weighted by molar-refractivity contribution is 6.21. The van der Waals surface area contributed by atoms with E-state index in [0.29, 0.717) is 6.07 Å². The van der Waals surface area contributed by atoms with Gasteiger partial charge in [-0.15, -0.1) is 11.6 Å². The third kappa shape index (κ3) is 2.66. The summed E-state index contributed by atoms with van der Waals surface area (Å²) in [6.07, 6.45) is -5.81. The smallest absolute Gasteiger partial charge is 0.455 e. The average molecular weight is 293 g/mol. The summed E-state index contributed by atoms with van der Waals surface area (Å²) in [5.74, 6) is -6.51. The molecular weight excluding hydrogens is 286 g/mol. The van der Waals surface area contributed by atoms with Crippen molar-refractivity contribution in [3.05, 3.63) is 29.6 Å². The molecule has 0 spiro atoms. The Morgan fingerprint density at radius 2 is 1.72 bits per heavy atom. The fourth-order valence-electron chi connectivity index (χ4n) is 1.19. The second-order valence-electron chi connectivity index (χ2n) is 3.38. The standard InChI is InChI=1S/C10H7ClF6O/c1-18-7-3-2-5(4-6(7)12)8(11)9(13,14)10(15,16)17/h2-4,8H,1H3. The number of hydrogen-bond acceptors (Lipinski definition) is 1. The maximum atomic E-state index is 13.2. The van der Waals surface area contributed by atoms with Crippen molar-refractivity contribution < 1.29 is 31.1 Å². The molecule has 1 atom stereocenters. The zero-order valence-corrected chi connectivity index (χ0v) is 9.62. The summed E-state index contributed by atoms with van der Waals surface area (Å²) in [6.45, 7) is 0. The summed E-state index contributed by atoms with van der Waals surface area (Å²) in [6, 6.07) is 2.25. The largest absolute Gasteiger partial charge is 0.494 e. The molecule has 0 N–H and O–H groups in total. The van der Waals surface area contributed by atoms with Gasteiger partial charge in [-0.1, -0.05) is 6.07 Å². The molecule has 1 rings (SSSR count). The molecule has 1 unspecified atom stereocenters. The Kier molecular flexibility index (Phi) is 4.05. The third-order valence-corrected chi connectivity index (χ3v) is 2.69. The number of hydrogen-bond donors (Lipinski definition) is 0. The fourth-order valence-corrected chi connectivity index (χ4v) is 1.45. The van der Waals surface area contributed by atoms with E-state index < -0.39 is 28.9 Å². The average Bonchev–Trinajstić information content (AvgIpc) is 2.26. The molecular formula is C10H7ClF6O. The first-order valence-corrected chi connectivity index (χ1v) is 4.97. The van der Waals surface area contributed by atoms with E-state index >= 15 is 0 Å². The molecule has 0 aliphatic carbocycles. The van der Waals surface area contributed by atoms with Crippen LogP contribution in [-0.2, 0) is 0 Å². The Labute approximate surface area is 103 Å². The highest BCUT2D eigenvalue weighted by Gasteiger charge is 2.62. The fraction of sp³-hybridized carbons (Fsp3) is 0.400. The lowest BCUT2D eigenvalue weighted by atomic mass is 10.1. The van der Waals surface area contributed by atoms with E-state index in [4.69, 9.17) is 11.6 Å². The number of alkyl halides is 6. The molecule has 0 saturated carbocycles. The molecule has 102 valence electrons. The van der Waals surface area contributed by atoms with Crippen LogP contribution in [0.2, 0.25) is 0 Å². The molecule has 0 bridgehead atoms. The van der Waals surface area contributed by atoms with Crippen molar-refractivity contribution in [3.8, 4) is 5.75 Å². The lowest BCUT2D eigenvalue weighted by molar-refractivity contribution is -0.283. The number of rotatable bonds is 3. The minimum Gasteiger partial charge on any atom is -0.494 e. The zero-order chi connectivity index (χ0) is 14.1. The molecule has 18 heavy (non-hydrogen) atoms. The topological polar surface area (TPSA) is 9.23 Å². The van der Waals surface area contributed by atoms with E-state index in [1.165, 1.54) is 0 Å². The second kappa shape index (κ2) is 4.87. The Bertz CT molecular complexity index is 431. The Morgan fingerprint density at radius 3 is 2.11 bits per heavy atom. The van der Waals surface area contributed by atoms with Gasteiger partial charge in [0, 0.05) is 0 Å². The first kappa shape index (κ1) is 14.9. The molecule has 8 heteroatoms. The minimum atomic E-state index is -5.81. The van der Waals surface area contributed by atoms with Gasteiger partial charge in [-0.2, -0.15) is 22.0 Å². The number of ether oxygens (including phenoxy) is 1. The van der Waals surface area contributed by atoms with Gasteiger partial charge < -0.3 is 4.74 Å². The van der Waals surface area contributed by atoms with Crippen LogP contribution in [0.5, 0.6) is 5.75 Å². The van der Waals surface area contributed by atoms with Gasteiger partial charge in [0.1, 0.15) is 5.38 Å². The molecule has 1 aromatic rings. The summed E-state index contributed by atoms with van der Waals surface area (Å²) < 4.78 is 79.7. The molecule has 0 aliphatic heterocycles. The summed E-state index contributed by atoms with van der Waals surface area (Å²) in [4.78, 5) is 0. The quantitative estimate of drug-likeness (QED) is 0.596. The lowest BCUT2D eigenvalue weighted by Gasteiger charge is -2.24. The molecule has 0 heterocycles. The zero-order valence-electron chi connectivity index (χ0n) is 8.86. The van der Waals surface area contributed by atoms with Gasteiger partial charge in [-0.05, 0) is 17.7 Å². The Balaban J connectivity index is 3.12. The second-order valence-corrected chi connectivity index (χ2v) is 3.81. The van der Waals surface area contributed by atoms with Crippen molar-refractivity contribution >= 4 is 11.6 Å². The summed E-state index contributed by atoms with van der Waals surface area (Å²) in [5, 5.41) is -2.71. The monoisotopic (exact) mass is 292 g/mol. The van der Waals surface area contributed by atoms with Gasteiger partial charge in [0.15, 0.2) is 11.6 Å². The maximum absolute atomic E-state index is 13.2. The first-order chi connectivity index (χ1) is 8.11. The van der Waals surface area contributed by atoms with Crippen molar-refractivity contribution in [1.82, 2.24) is 0 Å². The number of methoxy groups -OCH3 is 1. The van der Waals surface area contributed by atoms with Crippen LogP contribution in [0.25, 0.3) is 0 Å². The van der Waals surface area contributed by atoms with Crippen molar-refractivity contribution in [3.63, 3.8) is 0 Å². The van der Waals surface area contributed by atoms with Crippen LogP contribution in [0.1, 0.15) is 10.9 Å². The van der Waals surface area contributed by atoms with E-state index in [9.17, 15) is 26.3 Å². The van der Waals surface area contributed by atoms with Gasteiger partial charge in [0.2, 0.25) is 0 Å². The van der Waals surface area contributed by atoms with E-state index in [2.05, 4.69) is 4.74 Å². The van der Waals surface area contributed by atoms with E-state index in [-0.39, 0.29) is 5.75 Å². The van der Waals surface area contributed by atoms with Crippen molar-refractivity contribution in [2.75, 3.05) is 7.11 Å². The van der Waals surface area contributed by atoms with Crippen LogP contribution in [0.4, 0.5) is 26.3 Å². The summed E-state index contributed by atoms with van der Waals surface area (Å²) in [5.41, 5.74) is -0.683. The predicted molar refractivity (Wildman–Crippen MR) is 52.5 cm³/mol. The van der Waals surface area contributed by atoms with Crippen LogP contribution in [0, 0.1) is 5.82 Å². The third-order valence-electron chi connectivity index (χ3n) is 2.16. The summed E-state index contributed by atoms with van der Waals surface area (Å²) in [7, 11) is 1.13. The van der Waals surface area contributed by atoms with E-state index in [1.54, 1.807) is 0 Å². The SMILES string of the molecule is COc1ccc(C(Cl)C(F)(F)C(F)(F)F)cc1F. The molecule has 1 nitrogen and oxygen atoms in total. The van der Waals surface area contributed by atoms with Crippen LogP contribution in [-0.4, -0.2) is 19.2 Å². The van der Waals surface area contributed by atoms with Crippen molar-refractivity contribution in [1.29, 1.82) is 0 Å². The normalized spacial score (nSPS) is 14.4. The van der Waals surface area contributed by atoms with Crippen molar-refractivity contribution in [2.45, 2.75) is 17.5 Å². The van der Waals surface area contributed by atoms with Crippen molar-refractivity contribution in [2.24, 2.45) is 0 Å². The van der Waals surface area contributed by atoms with Gasteiger partial charge in [-0.25, -0.2) is 4.39 Å². The van der Waals surface area contributed by atoms with E-state index in [1.807, 2.05) is 0 Å². The minimum absolute atomic E-state index is 0.280. The molecule has 0 amide bonds. The number of halogens is 7. The molecule has 0 fully saturated rings. The maximum Gasteiger partial charge on any atom is 0.455 e. The Morgan fingerprint density at radius 1 is 1.17 bits per heavy atom. The number of benzene rings is 1. The van der Waals surface area contributed by atoms with Gasteiger partial charge in [0.05, 0.1) is 7.11 Å². The van der Waals surface area contributed by atoms with Gasteiger partial charge in [-0.3, -0.25) is 0 Å². The summed E-state index contributed by atoms with van der Waals surface area (Å²) >= 11 is 5.07. The Hall–Kier alpha value is -1.11.